The molecule has 7 nitrogen and oxygen atoms in total. The lowest BCUT2D eigenvalue weighted by Gasteiger charge is -2.21. The molecular formula is C28H36N2O5. The highest BCUT2D eigenvalue weighted by molar-refractivity contribution is 5.84. The van der Waals surface area contributed by atoms with E-state index < -0.39 is 24.1 Å². The first-order chi connectivity index (χ1) is 16.9. The van der Waals surface area contributed by atoms with Gasteiger partial charge in [-0.15, -0.1) is 0 Å². The first-order valence-corrected chi connectivity index (χ1v) is 12.6. The van der Waals surface area contributed by atoms with Crippen LogP contribution in [0.15, 0.2) is 48.5 Å². The number of unbranched alkanes of at least 4 members (excludes halogenated alkanes) is 2. The molecule has 0 saturated heterocycles. The van der Waals surface area contributed by atoms with Crippen molar-refractivity contribution in [3.63, 3.8) is 0 Å². The Morgan fingerprint density at radius 2 is 1.46 bits per heavy atom. The number of amides is 2. The summed E-state index contributed by atoms with van der Waals surface area (Å²) < 4.78 is 5.63. The van der Waals surface area contributed by atoms with E-state index in [4.69, 9.17) is 4.74 Å². The Hall–Kier alpha value is -3.35. The molecule has 0 radical (unpaired) electrons. The van der Waals surface area contributed by atoms with Gasteiger partial charge in [0, 0.05) is 18.4 Å². The van der Waals surface area contributed by atoms with Crippen molar-refractivity contribution in [2.45, 2.75) is 76.8 Å². The maximum Gasteiger partial charge on any atom is 0.407 e. The summed E-state index contributed by atoms with van der Waals surface area (Å²) in [5.41, 5.74) is 4.58. The van der Waals surface area contributed by atoms with Crippen LogP contribution >= 0.6 is 0 Å². The number of alkyl carbamates (subject to hydrolysis) is 1. The largest absolute Gasteiger partial charge is 0.480 e. The Kier molecular flexibility index (Phi) is 9.70. The van der Waals surface area contributed by atoms with Gasteiger partial charge in [-0.25, -0.2) is 9.59 Å². The fourth-order valence-corrected chi connectivity index (χ4v) is 4.63. The van der Waals surface area contributed by atoms with Gasteiger partial charge in [-0.2, -0.15) is 0 Å². The number of nitrogens with one attached hydrogen (secondary N) is 2. The molecule has 3 N–H and O–H groups in total. The highest BCUT2D eigenvalue weighted by Crippen LogP contribution is 2.44. The minimum Gasteiger partial charge on any atom is -0.480 e. The van der Waals surface area contributed by atoms with Crippen LogP contribution < -0.4 is 10.6 Å². The van der Waals surface area contributed by atoms with Crippen LogP contribution in [0.3, 0.4) is 0 Å². The quantitative estimate of drug-likeness (QED) is 0.364. The van der Waals surface area contributed by atoms with Gasteiger partial charge >= 0.3 is 12.1 Å². The van der Waals surface area contributed by atoms with Gasteiger partial charge in [-0.3, -0.25) is 4.79 Å². The Labute approximate surface area is 207 Å². The number of aliphatic carboxylic acids is 1. The van der Waals surface area contributed by atoms with Crippen LogP contribution in [-0.2, 0) is 14.3 Å². The third kappa shape index (κ3) is 7.07. The van der Waals surface area contributed by atoms with Crippen molar-refractivity contribution in [2.75, 3.05) is 6.61 Å². The number of ether oxygens (including phenoxy) is 1. The number of carbonyl (C=O) groups excluding carboxylic acids is 2. The molecule has 0 fully saturated rings. The lowest BCUT2D eigenvalue weighted by Crippen LogP contribution is -2.45. The van der Waals surface area contributed by atoms with E-state index >= 15 is 0 Å². The molecule has 2 amide bonds. The van der Waals surface area contributed by atoms with Crippen molar-refractivity contribution in [1.29, 1.82) is 0 Å². The molecule has 0 aliphatic heterocycles. The minimum atomic E-state index is -1.04. The molecule has 0 spiro atoms. The summed E-state index contributed by atoms with van der Waals surface area (Å²) in [6.07, 6.45) is 3.76. The van der Waals surface area contributed by atoms with E-state index in [0.29, 0.717) is 19.3 Å². The van der Waals surface area contributed by atoms with Gasteiger partial charge in [0.15, 0.2) is 0 Å². The zero-order valence-electron chi connectivity index (χ0n) is 20.6. The molecule has 1 aliphatic rings. The van der Waals surface area contributed by atoms with Gasteiger partial charge in [0.1, 0.15) is 12.6 Å². The number of benzene rings is 2. The Morgan fingerprint density at radius 1 is 0.886 bits per heavy atom. The van der Waals surface area contributed by atoms with Gasteiger partial charge in [0.05, 0.1) is 0 Å². The third-order valence-corrected chi connectivity index (χ3v) is 6.48. The number of hydrogen-bond donors (Lipinski definition) is 3. The molecule has 2 aromatic rings. The molecule has 35 heavy (non-hydrogen) atoms. The van der Waals surface area contributed by atoms with E-state index in [9.17, 15) is 19.5 Å². The molecule has 2 aromatic carbocycles. The molecule has 0 aromatic heterocycles. The predicted molar refractivity (Wildman–Crippen MR) is 135 cm³/mol. The van der Waals surface area contributed by atoms with E-state index in [1.807, 2.05) is 38.1 Å². The highest BCUT2D eigenvalue weighted by atomic mass is 16.5. The topological polar surface area (TPSA) is 105 Å². The fourth-order valence-electron chi connectivity index (χ4n) is 4.63. The van der Waals surface area contributed by atoms with Gasteiger partial charge in [0.2, 0.25) is 5.91 Å². The number of rotatable bonds is 13. The summed E-state index contributed by atoms with van der Waals surface area (Å²) in [5.74, 6) is -1.46. The Bertz CT molecular complexity index is 976. The van der Waals surface area contributed by atoms with Crippen LogP contribution in [0.5, 0.6) is 0 Å². The second-order valence-corrected chi connectivity index (χ2v) is 9.11. The van der Waals surface area contributed by atoms with Crippen molar-refractivity contribution in [1.82, 2.24) is 10.6 Å². The molecule has 0 heterocycles. The maximum atomic E-state index is 12.7. The highest BCUT2D eigenvalue weighted by Gasteiger charge is 2.29. The molecule has 3 rings (SSSR count). The van der Waals surface area contributed by atoms with Gasteiger partial charge in [-0.1, -0.05) is 88.1 Å². The monoisotopic (exact) mass is 480 g/mol. The number of carboxylic acid groups (broad SMARTS) is 1. The number of carboxylic acids is 1. The lowest BCUT2D eigenvalue weighted by atomic mass is 9.98. The predicted octanol–water partition coefficient (Wildman–Crippen LogP) is 5.23. The summed E-state index contributed by atoms with van der Waals surface area (Å²) in [6.45, 7) is 4.21. The average molecular weight is 481 g/mol. The minimum absolute atomic E-state index is 0.0140. The van der Waals surface area contributed by atoms with Crippen LogP contribution in [0.25, 0.3) is 11.1 Å². The van der Waals surface area contributed by atoms with Crippen LogP contribution in [-0.4, -0.2) is 41.8 Å². The molecular weight excluding hydrogens is 444 g/mol. The summed E-state index contributed by atoms with van der Waals surface area (Å²) in [6, 6.07) is 14.9. The normalized spacial score (nSPS) is 13.9. The molecule has 2 atom stereocenters. The fraction of sp³-hybridized carbons (Fsp3) is 0.464. The smallest absolute Gasteiger partial charge is 0.407 e. The summed E-state index contributed by atoms with van der Waals surface area (Å²) >= 11 is 0. The molecule has 1 aliphatic carbocycles. The zero-order valence-corrected chi connectivity index (χ0v) is 20.6. The summed E-state index contributed by atoms with van der Waals surface area (Å²) in [5, 5.41) is 14.8. The average Bonchev–Trinajstić information content (AvgIpc) is 3.17. The molecule has 7 heteroatoms. The summed E-state index contributed by atoms with van der Waals surface area (Å²) in [4.78, 5) is 36.7. The SMILES string of the molecule is CCCCC(CC(=O)NC(CCCC)C(=O)O)NC(=O)OCC1c2ccccc2-c2ccccc21. The molecule has 188 valence electrons. The van der Waals surface area contributed by atoms with Crippen LogP contribution in [0.2, 0.25) is 0 Å². The van der Waals surface area contributed by atoms with E-state index in [2.05, 4.69) is 34.9 Å². The third-order valence-electron chi connectivity index (χ3n) is 6.48. The van der Waals surface area contributed by atoms with E-state index in [0.717, 1.165) is 41.5 Å². The number of carbonyl (C=O) groups is 3. The second kappa shape index (κ2) is 12.9. The molecule has 0 saturated carbocycles. The van der Waals surface area contributed by atoms with E-state index in [-0.39, 0.29) is 24.9 Å². The van der Waals surface area contributed by atoms with Gasteiger partial charge in [0.25, 0.3) is 0 Å². The maximum absolute atomic E-state index is 12.7. The van der Waals surface area contributed by atoms with Crippen LogP contribution in [0, 0.1) is 0 Å². The van der Waals surface area contributed by atoms with E-state index in [1.165, 1.54) is 0 Å². The summed E-state index contributed by atoms with van der Waals surface area (Å²) in [7, 11) is 0. The van der Waals surface area contributed by atoms with Crippen molar-refractivity contribution in [2.24, 2.45) is 0 Å². The molecule has 2 unspecified atom stereocenters. The first kappa shape index (κ1) is 26.3. The first-order valence-electron chi connectivity index (χ1n) is 12.6. The zero-order chi connectivity index (χ0) is 25.2. The second-order valence-electron chi connectivity index (χ2n) is 9.11. The van der Waals surface area contributed by atoms with Crippen molar-refractivity contribution in [3.8, 4) is 11.1 Å². The molecule has 0 bridgehead atoms. The number of hydrogen-bond acceptors (Lipinski definition) is 4. The number of fused-ring (bicyclic) bond motifs is 3. The van der Waals surface area contributed by atoms with Crippen LogP contribution in [0.1, 0.15) is 75.8 Å². The van der Waals surface area contributed by atoms with Gasteiger partial charge < -0.3 is 20.5 Å². The van der Waals surface area contributed by atoms with E-state index in [1.54, 1.807) is 0 Å². The Morgan fingerprint density at radius 3 is 2.03 bits per heavy atom. The lowest BCUT2D eigenvalue weighted by molar-refractivity contribution is -0.142. The Balaban J connectivity index is 1.59. The van der Waals surface area contributed by atoms with Crippen molar-refractivity contribution >= 4 is 18.0 Å². The standard InChI is InChI=1S/C28H36N2O5/c1-3-5-11-19(17-26(31)30-25(27(32)33)16-6-4-2)29-28(34)35-18-24-22-14-9-7-12-20(22)21-13-8-10-15-23(21)24/h7-10,12-15,19,24-25H,3-6,11,16-18H2,1-2H3,(H,29,34)(H,30,31)(H,32,33). The van der Waals surface area contributed by atoms with Gasteiger partial charge in [-0.05, 0) is 35.1 Å². The van der Waals surface area contributed by atoms with Crippen molar-refractivity contribution < 1.29 is 24.2 Å². The van der Waals surface area contributed by atoms with Crippen molar-refractivity contribution in [3.05, 3.63) is 59.7 Å². The van der Waals surface area contributed by atoms with Crippen LogP contribution in [0.4, 0.5) is 4.79 Å².